The van der Waals surface area contributed by atoms with Crippen LogP contribution in [0.25, 0.3) is 0 Å². The number of hydrogen-bond acceptors (Lipinski definition) is 2. The van der Waals surface area contributed by atoms with Gasteiger partial charge in [-0.05, 0) is 75.9 Å². The molecule has 0 aliphatic carbocycles. The quantitative estimate of drug-likeness (QED) is 0.743. The van der Waals surface area contributed by atoms with Crippen LogP contribution in [0.1, 0.15) is 49.2 Å². The van der Waals surface area contributed by atoms with Gasteiger partial charge in [0, 0.05) is 5.92 Å². The molecule has 0 amide bonds. The predicted molar refractivity (Wildman–Crippen MR) is 95.8 cm³/mol. The summed E-state index contributed by atoms with van der Waals surface area (Å²) in [5.41, 5.74) is 1.49. The van der Waals surface area contributed by atoms with Gasteiger partial charge in [0.1, 0.15) is 11.5 Å². The number of likely N-dealkylation sites (tertiary alicyclic amines) is 1. The van der Waals surface area contributed by atoms with E-state index in [1.54, 1.807) is 0 Å². The van der Waals surface area contributed by atoms with Gasteiger partial charge in [-0.3, -0.25) is 0 Å². The van der Waals surface area contributed by atoms with Crippen molar-refractivity contribution in [1.82, 2.24) is 4.90 Å². The van der Waals surface area contributed by atoms with Crippen molar-refractivity contribution < 1.29 is 4.42 Å². The maximum absolute atomic E-state index is 5.75. The van der Waals surface area contributed by atoms with Crippen LogP contribution in [-0.4, -0.2) is 24.5 Å². The molecule has 1 fully saturated rings. The number of aryl methyl sites for hydroxylation is 1. The smallest absolute Gasteiger partial charge is 0.107 e. The summed E-state index contributed by atoms with van der Waals surface area (Å²) in [5, 5.41) is 0. The number of nitrogens with zero attached hydrogens (tertiary/aromatic N) is 1. The standard InChI is InChI=1S/C21H29NO/c1-17(21-9-8-18(2)23-21)10-13-22-14-11-20(12-15-22)16-19-6-4-3-5-7-19/h3-9,17,20H,10-16H2,1-2H3/t17-/m1/s1. The number of furan rings is 1. The van der Waals surface area contributed by atoms with Gasteiger partial charge in [-0.1, -0.05) is 37.3 Å². The first-order valence-electron chi connectivity index (χ1n) is 9.03. The van der Waals surface area contributed by atoms with Crippen LogP contribution in [0, 0.1) is 12.8 Å². The summed E-state index contributed by atoms with van der Waals surface area (Å²) in [6.45, 7) is 8.00. The van der Waals surface area contributed by atoms with Crippen LogP contribution in [0.2, 0.25) is 0 Å². The molecule has 1 aliphatic rings. The van der Waals surface area contributed by atoms with Gasteiger partial charge in [0.2, 0.25) is 0 Å². The van der Waals surface area contributed by atoms with Crippen LogP contribution < -0.4 is 0 Å². The molecule has 1 atom stereocenters. The van der Waals surface area contributed by atoms with Crippen LogP contribution in [0.4, 0.5) is 0 Å². The van der Waals surface area contributed by atoms with Crippen molar-refractivity contribution in [3.8, 4) is 0 Å². The van der Waals surface area contributed by atoms with E-state index in [0.717, 1.165) is 17.4 Å². The van der Waals surface area contributed by atoms with E-state index in [-0.39, 0.29) is 0 Å². The molecule has 0 N–H and O–H groups in total. The summed E-state index contributed by atoms with van der Waals surface area (Å²) in [7, 11) is 0. The lowest BCUT2D eigenvalue weighted by atomic mass is 9.90. The Labute approximate surface area is 140 Å². The lowest BCUT2D eigenvalue weighted by molar-refractivity contribution is 0.178. The minimum atomic E-state index is 0.519. The van der Waals surface area contributed by atoms with Crippen molar-refractivity contribution in [1.29, 1.82) is 0 Å². The van der Waals surface area contributed by atoms with Crippen LogP contribution >= 0.6 is 0 Å². The molecule has 1 aromatic carbocycles. The lowest BCUT2D eigenvalue weighted by Gasteiger charge is -2.32. The Kier molecular flexibility index (Phi) is 5.56. The van der Waals surface area contributed by atoms with E-state index >= 15 is 0 Å². The maximum Gasteiger partial charge on any atom is 0.107 e. The summed E-state index contributed by atoms with van der Waals surface area (Å²) in [6, 6.07) is 15.1. The summed E-state index contributed by atoms with van der Waals surface area (Å²) in [6.07, 6.45) is 5.11. The van der Waals surface area contributed by atoms with Gasteiger partial charge in [-0.2, -0.15) is 0 Å². The Morgan fingerprint density at radius 1 is 1.09 bits per heavy atom. The van der Waals surface area contributed by atoms with Crippen molar-refractivity contribution in [2.45, 2.75) is 45.4 Å². The first-order chi connectivity index (χ1) is 11.2. The van der Waals surface area contributed by atoms with E-state index < -0.39 is 0 Å². The van der Waals surface area contributed by atoms with Gasteiger partial charge in [0.25, 0.3) is 0 Å². The Morgan fingerprint density at radius 3 is 2.48 bits per heavy atom. The second-order valence-electron chi connectivity index (χ2n) is 7.11. The maximum atomic E-state index is 5.75. The average Bonchev–Trinajstić information content (AvgIpc) is 3.01. The average molecular weight is 311 g/mol. The van der Waals surface area contributed by atoms with Crippen molar-refractivity contribution in [3.63, 3.8) is 0 Å². The molecule has 23 heavy (non-hydrogen) atoms. The van der Waals surface area contributed by atoms with Crippen LogP contribution in [0.15, 0.2) is 46.9 Å². The zero-order valence-electron chi connectivity index (χ0n) is 14.5. The second kappa shape index (κ2) is 7.83. The van der Waals surface area contributed by atoms with Crippen LogP contribution in [-0.2, 0) is 6.42 Å². The molecule has 2 nitrogen and oxygen atoms in total. The fourth-order valence-electron chi connectivity index (χ4n) is 3.60. The van der Waals surface area contributed by atoms with Crippen LogP contribution in [0.5, 0.6) is 0 Å². The van der Waals surface area contributed by atoms with Gasteiger partial charge in [-0.25, -0.2) is 0 Å². The topological polar surface area (TPSA) is 16.4 Å². The zero-order valence-corrected chi connectivity index (χ0v) is 14.5. The number of piperidine rings is 1. The monoisotopic (exact) mass is 311 g/mol. The van der Waals surface area contributed by atoms with E-state index in [0.29, 0.717) is 5.92 Å². The van der Waals surface area contributed by atoms with Gasteiger partial charge >= 0.3 is 0 Å². The highest BCUT2D eigenvalue weighted by Crippen LogP contribution is 2.25. The molecule has 0 radical (unpaired) electrons. The molecule has 1 aliphatic heterocycles. The van der Waals surface area contributed by atoms with Crippen molar-refractivity contribution >= 4 is 0 Å². The highest BCUT2D eigenvalue weighted by Gasteiger charge is 2.20. The van der Waals surface area contributed by atoms with E-state index in [2.05, 4.69) is 54.3 Å². The minimum Gasteiger partial charge on any atom is -0.466 e. The minimum absolute atomic E-state index is 0.519. The molecule has 2 heterocycles. The largest absolute Gasteiger partial charge is 0.466 e. The SMILES string of the molecule is Cc1ccc([C@H](C)CCN2CCC(Cc3ccccc3)CC2)o1. The third-order valence-electron chi connectivity index (χ3n) is 5.20. The van der Waals surface area contributed by atoms with E-state index in [4.69, 9.17) is 4.42 Å². The van der Waals surface area contributed by atoms with E-state index in [1.165, 1.54) is 50.9 Å². The van der Waals surface area contributed by atoms with Crippen molar-refractivity contribution in [3.05, 3.63) is 59.5 Å². The normalized spacial score (nSPS) is 18.2. The fraction of sp³-hybridized carbons (Fsp3) is 0.524. The van der Waals surface area contributed by atoms with Gasteiger partial charge in [-0.15, -0.1) is 0 Å². The molecule has 124 valence electrons. The van der Waals surface area contributed by atoms with Gasteiger partial charge < -0.3 is 9.32 Å². The first kappa shape index (κ1) is 16.3. The Balaban J connectivity index is 1.39. The number of rotatable bonds is 6. The highest BCUT2D eigenvalue weighted by atomic mass is 16.3. The Hall–Kier alpha value is -1.54. The lowest BCUT2D eigenvalue weighted by Crippen LogP contribution is -2.35. The summed E-state index contributed by atoms with van der Waals surface area (Å²) in [5.74, 6) is 3.54. The van der Waals surface area contributed by atoms with E-state index in [1.807, 2.05) is 6.92 Å². The van der Waals surface area contributed by atoms with E-state index in [9.17, 15) is 0 Å². The summed E-state index contributed by atoms with van der Waals surface area (Å²) in [4.78, 5) is 2.63. The molecular weight excluding hydrogens is 282 g/mol. The number of benzene rings is 1. The molecule has 3 rings (SSSR count). The summed E-state index contributed by atoms with van der Waals surface area (Å²) < 4.78 is 5.75. The third-order valence-corrected chi connectivity index (χ3v) is 5.20. The summed E-state index contributed by atoms with van der Waals surface area (Å²) >= 11 is 0. The first-order valence-corrected chi connectivity index (χ1v) is 9.03. The molecule has 2 aromatic rings. The Morgan fingerprint density at radius 2 is 1.83 bits per heavy atom. The Bertz CT molecular complexity index is 581. The molecule has 1 saturated heterocycles. The molecule has 2 heteroatoms. The molecule has 1 aromatic heterocycles. The molecule has 0 spiro atoms. The third kappa shape index (κ3) is 4.71. The highest BCUT2D eigenvalue weighted by molar-refractivity contribution is 5.15. The zero-order chi connectivity index (χ0) is 16.1. The van der Waals surface area contributed by atoms with Crippen molar-refractivity contribution in [2.24, 2.45) is 5.92 Å². The van der Waals surface area contributed by atoms with Gasteiger partial charge in [0.15, 0.2) is 0 Å². The predicted octanol–water partition coefficient (Wildman–Crippen LogP) is 5.04. The number of hydrogen-bond donors (Lipinski definition) is 0. The second-order valence-corrected chi connectivity index (χ2v) is 7.11. The van der Waals surface area contributed by atoms with Gasteiger partial charge in [0.05, 0.1) is 0 Å². The molecule has 0 bridgehead atoms. The molecule has 0 unspecified atom stereocenters. The van der Waals surface area contributed by atoms with Crippen molar-refractivity contribution in [2.75, 3.05) is 19.6 Å². The molecule has 0 saturated carbocycles. The molecular formula is C21H29NO. The fourth-order valence-corrected chi connectivity index (χ4v) is 3.60. The van der Waals surface area contributed by atoms with Crippen LogP contribution in [0.3, 0.4) is 0 Å².